The summed E-state index contributed by atoms with van der Waals surface area (Å²) in [5.74, 6) is 0. The second-order valence-corrected chi connectivity index (χ2v) is 8.62. The van der Waals surface area contributed by atoms with E-state index in [2.05, 4.69) is 70.6 Å². The first-order chi connectivity index (χ1) is 19.3. The van der Waals surface area contributed by atoms with E-state index in [1.54, 1.807) is 0 Å². The van der Waals surface area contributed by atoms with Crippen LogP contribution in [0.5, 0.6) is 0 Å². The van der Waals surface area contributed by atoms with Crippen LogP contribution in [0.25, 0.3) is 0 Å². The van der Waals surface area contributed by atoms with E-state index < -0.39 is 0 Å². The number of thiocarbonyl (C=S) groups is 4. The molecule has 0 unspecified atom stereocenters. The van der Waals surface area contributed by atoms with Gasteiger partial charge in [-0.1, -0.05) is 0 Å². The third-order valence-electron chi connectivity index (χ3n) is 3.59. The van der Waals surface area contributed by atoms with E-state index in [0.29, 0.717) is 106 Å². The molecular weight excluding hydrogens is 609 g/mol. The Kier molecular flexibility index (Phi) is 34.1. The fourth-order valence-electron chi connectivity index (χ4n) is 2.01. The molecule has 0 aliphatic carbocycles. The number of rotatable bonds is 0. The highest BCUT2D eigenvalue weighted by molar-refractivity contribution is 7.81. The molecule has 0 radical (unpaired) electrons. The van der Waals surface area contributed by atoms with Crippen molar-refractivity contribution in [3.63, 3.8) is 0 Å². The predicted octanol–water partition coefficient (Wildman–Crippen LogP) is -2.73. The average molecular weight is 653 g/mol. The van der Waals surface area contributed by atoms with Gasteiger partial charge in [0.05, 0.1) is 106 Å². The van der Waals surface area contributed by atoms with Crippen LogP contribution in [0, 0.1) is 0 Å². The van der Waals surface area contributed by atoms with Crippen LogP contribution in [0.4, 0.5) is 0 Å². The van der Waals surface area contributed by atoms with Gasteiger partial charge >= 0.3 is 0 Å². The summed E-state index contributed by atoms with van der Waals surface area (Å²) in [5, 5.41) is 0.436. The highest BCUT2D eigenvalue weighted by Gasteiger charge is 1.96. The predicted molar refractivity (Wildman–Crippen MR) is 166 cm³/mol. The van der Waals surface area contributed by atoms with Crippen molar-refractivity contribution in [3.05, 3.63) is 0 Å². The van der Waals surface area contributed by atoms with Gasteiger partial charge < -0.3 is 60.8 Å². The van der Waals surface area contributed by atoms with Gasteiger partial charge in [0.1, 0.15) is 0 Å². The third kappa shape index (κ3) is 43.5. The standard InChI is InChI=1S/2C8H16O4.2C2H6N4S2/c2*1-2-10-5-6-12-8-7-11-4-3-9-1;2*3-1(7)5-6-2(4)8/h2*1-8H2;2*(H3,3,5,7)(H3,4,6,8). The Hall–Kier alpha value is -1.56. The summed E-state index contributed by atoms with van der Waals surface area (Å²) in [5.41, 5.74) is 29.3. The van der Waals surface area contributed by atoms with Crippen molar-refractivity contribution in [2.24, 2.45) is 22.9 Å². The molecule has 0 aromatic carbocycles. The average Bonchev–Trinajstić information content (AvgIpc) is 2.88. The van der Waals surface area contributed by atoms with Crippen molar-refractivity contribution in [3.8, 4) is 0 Å². The fraction of sp³-hybridized carbons (Fsp3) is 0.800. The largest absolute Gasteiger partial charge is 0.377 e. The van der Waals surface area contributed by atoms with Crippen LogP contribution in [-0.4, -0.2) is 126 Å². The van der Waals surface area contributed by atoms with Gasteiger partial charge in [-0.2, -0.15) is 0 Å². The maximum absolute atomic E-state index is 5.22. The van der Waals surface area contributed by atoms with Gasteiger partial charge in [-0.25, -0.2) is 0 Å². The molecule has 20 heteroatoms. The molecule has 0 aromatic rings. The monoisotopic (exact) mass is 652 g/mol. The van der Waals surface area contributed by atoms with Crippen LogP contribution in [0.1, 0.15) is 0 Å². The number of hydrogen-bond acceptors (Lipinski definition) is 12. The van der Waals surface area contributed by atoms with Gasteiger partial charge in [0.2, 0.25) is 0 Å². The molecule has 0 saturated carbocycles. The molecule has 2 rings (SSSR count). The normalized spacial score (nSPS) is 17.4. The summed E-state index contributed by atoms with van der Waals surface area (Å²) < 4.78 is 41.7. The summed E-state index contributed by atoms with van der Waals surface area (Å²) in [6, 6.07) is 0. The highest BCUT2D eigenvalue weighted by Crippen LogP contribution is 1.86. The lowest BCUT2D eigenvalue weighted by molar-refractivity contribution is -0.0334. The molecule has 0 amide bonds. The number of nitrogens with one attached hydrogen (secondary N) is 4. The molecule has 0 spiro atoms. The van der Waals surface area contributed by atoms with E-state index in [1.165, 1.54) is 0 Å². The Balaban J connectivity index is 0. The molecule has 2 aliphatic heterocycles. The molecular formula is C20H44N8O8S4. The summed E-state index contributed by atoms with van der Waals surface area (Å²) >= 11 is 17.6. The summed E-state index contributed by atoms with van der Waals surface area (Å²) in [6.45, 7) is 10.3. The van der Waals surface area contributed by atoms with Gasteiger partial charge in [0.15, 0.2) is 20.4 Å². The van der Waals surface area contributed by atoms with Gasteiger partial charge in [-0.15, -0.1) is 0 Å². The fourth-order valence-corrected chi connectivity index (χ4v) is 2.21. The zero-order valence-electron chi connectivity index (χ0n) is 22.5. The van der Waals surface area contributed by atoms with Crippen LogP contribution < -0.4 is 44.6 Å². The Morgan fingerprint density at radius 1 is 0.300 bits per heavy atom. The van der Waals surface area contributed by atoms with Crippen LogP contribution in [-0.2, 0) is 37.9 Å². The van der Waals surface area contributed by atoms with E-state index in [1.807, 2.05) is 0 Å². The van der Waals surface area contributed by atoms with E-state index in [9.17, 15) is 0 Å². The van der Waals surface area contributed by atoms with Crippen LogP contribution in [0.15, 0.2) is 0 Å². The molecule has 2 saturated heterocycles. The second-order valence-electron chi connectivity index (χ2n) is 6.86. The van der Waals surface area contributed by atoms with Crippen molar-refractivity contribution in [2.45, 2.75) is 0 Å². The molecule has 2 heterocycles. The number of ether oxygens (including phenoxy) is 8. The number of nitrogens with two attached hydrogens (primary N) is 4. The molecule has 16 nitrogen and oxygen atoms in total. The lowest BCUT2D eigenvalue weighted by atomic mass is 10.6. The van der Waals surface area contributed by atoms with E-state index in [4.69, 9.17) is 60.8 Å². The van der Waals surface area contributed by atoms with Crippen LogP contribution in [0.3, 0.4) is 0 Å². The maximum atomic E-state index is 5.22. The molecule has 236 valence electrons. The van der Waals surface area contributed by atoms with Crippen molar-refractivity contribution in [2.75, 3.05) is 106 Å². The minimum absolute atomic E-state index is 0.109. The molecule has 0 aromatic heterocycles. The molecule has 2 fully saturated rings. The molecule has 0 atom stereocenters. The zero-order chi connectivity index (χ0) is 30.1. The molecule has 12 N–H and O–H groups in total. The summed E-state index contributed by atoms with van der Waals surface area (Å²) in [7, 11) is 0. The van der Waals surface area contributed by atoms with Crippen molar-refractivity contribution in [1.29, 1.82) is 0 Å². The van der Waals surface area contributed by atoms with Crippen molar-refractivity contribution < 1.29 is 37.9 Å². The first-order valence-corrected chi connectivity index (χ1v) is 13.7. The lowest BCUT2D eigenvalue weighted by Gasteiger charge is -2.09. The minimum Gasteiger partial charge on any atom is -0.377 e. The molecule has 40 heavy (non-hydrogen) atoms. The van der Waals surface area contributed by atoms with Crippen molar-refractivity contribution >= 4 is 69.3 Å². The Labute approximate surface area is 257 Å². The number of hydrogen-bond donors (Lipinski definition) is 8. The highest BCUT2D eigenvalue weighted by atomic mass is 32.1. The topological polar surface area (TPSA) is 226 Å². The van der Waals surface area contributed by atoms with Gasteiger partial charge in [0.25, 0.3) is 0 Å². The molecule has 2 aliphatic rings. The van der Waals surface area contributed by atoms with Crippen LogP contribution >= 0.6 is 48.9 Å². The zero-order valence-corrected chi connectivity index (χ0v) is 25.8. The van der Waals surface area contributed by atoms with Gasteiger partial charge in [-0.05, 0) is 48.9 Å². The minimum atomic E-state index is 0.109. The second kappa shape index (κ2) is 33.6. The van der Waals surface area contributed by atoms with E-state index in [-0.39, 0.29) is 20.4 Å². The summed E-state index contributed by atoms with van der Waals surface area (Å²) in [4.78, 5) is 0. The quantitative estimate of drug-likeness (QED) is 0.0981. The van der Waals surface area contributed by atoms with Crippen LogP contribution in [0.2, 0.25) is 0 Å². The molecule has 0 bridgehead atoms. The first-order valence-electron chi connectivity index (χ1n) is 12.1. The maximum Gasteiger partial charge on any atom is 0.182 e. The smallest absolute Gasteiger partial charge is 0.182 e. The van der Waals surface area contributed by atoms with Gasteiger partial charge in [-0.3, -0.25) is 21.7 Å². The summed E-state index contributed by atoms with van der Waals surface area (Å²) in [6.07, 6.45) is 0. The lowest BCUT2D eigenvalue weighted by Crippen LogP contribution is -2.46. The van der Waals surface area contributed by atoms with E-state index >= 15 is 0 Å². The Bertz CT molecular complexity index is 481. The Morgan fingerprint density at radius 2 is 0.400 bits per heavy atom. The Morgan fingerprint density at radius 3 is 0.475 bits per heavy atom. The van der Waals surface area contributed by atoms with Crippen molar-refractivity contribution in [1.82, 2.24) is 21.7 Å². The van der Waals surface area contributed by atoms with E-state index in [0.717, 1.165) is 0 Å². The number of hydrazine groups is 2. The van der Waals surface area contributed by atoms with Gasteiger partial charge in [0, 0.05) is 0 Å². The SMILES string of the molecule is C1COCCOCCOCCO1.C1COCCOCCOCCO1.NC(=S)NNC(N)=S.NC(=S)NNC(N)=S. The first kappa shape index (κ1) is 40.6. The third-order valence-corrected chi connectivity index (χ3v) is 4.00.